The van der Waals surface area contributed by atoms with E-state index in [0.717, 1.165) is 0 Å². The van der Waals surface area contributed by atoms with Crippen LogP contribution in [0.15, 0.2) is 0 Å². The van der Waals surface area contributed by atoms with E-state index >= 15 is 0 Å². The first kappa shape index (κ1) is 18.5. The fraction of sp³-hybridized carbons (Fsp3) is 0.846. The largest absolute Gasteiger partial charge is 0.481 e. The summed E-state index contributed by atoms with van der Waals surface area (Å²) in [7, 11) is 0. The van der Waals surface area contributed by atoms with Crippen LogP contribution in [0.4, 0.5) is 18.0 Å². The first-order valence-corrected chi connectivity index (χ1v) is 6.75. The van der Waals surface area contributed by atoms with E-state index in [1.807, 2.05) is 0 Å². The Hall–Kier alpha value is -1.51. The summed E-state index contributed by atoms with van der Waals surface area (Å²) in [5.41, 5.74) is -3.13. The number of rotatable bonds is 3. The van der Waals surface area contributed by atoms with E-state index in [0.29, 0.717) is 0 Å². The Balaban J connectivity index is 2.80. The molecule has 6 nitrogen and oxygen atoms in total. The summed E-state index contributed by atoms with van der Waals surface area (Å²) in [6, 6.07) is -0.803. The number of alkyl halides is 3. The Morgan fingerprint density at radius 3 is 2.27 bits per heavy atom. The van der Waals surface area contributed by atoms with Crippen molar-refractivity contribution < 1.29 is 37.7 Å². The quantitative estimate of drug-likeness (QED) is 0.737. The van der Waals surface area contributed by atoms with Gasteiger partial charge in [0, 0.05) is 6.04 Å². The van der Waals surface area contributed by atoms with Crippen molar-refractivity contribution in [1.82, 2.24) is 5.32 Å². The van der Waals surface area contributed by atoms with Gasteiger partial charge in [-0.15, -0.1) is 0 Å². The van der Waals surface area contributed by atoms with Gasteiger partial charge in [-0.25, -0.2) is 4.79 Å². The molecule has 9 heteroatoms. The van der Waals surface area contributed by atoms with Crippen LogP contribution >= 0.6 is 0 Å². The van der Waals surface area contributed by atoms with Gasteiger partial charge in [-0.1, -0.05) is 0 Å². The van der Waals surface area contributed by atoms with Gasteiger partial charge in [-0.2, -0.15) is 13.2 Å². The van der Waals surface area contributed by atoms with Crippen LogP contribution in [0.1, 0.15) is 40.0 Å². The number of aliphatic hydroxyl groups excluding tert-OH is 1. The van der Waals surface area contributed by atoms with Crippen molar-refractivity contribution in [1.29, 1.82) is 0 Å². The fourth-order valence-corrected chi connectivity index (χ4v) is 2.55. The molecule has 0 aliphatic heterocycles. The summed E-state index contributed by atoms with van der Waals surface area (Å²) in [5, 5.41) is 20.9. The average Bonchev–Trinajstić information content (AvgIpc) is 2.69. The van der Waals surface area contributed by atoms with Crippen molar-refractivity contribution in [2.24, 2.45) is 5.41 Å². The molecule has 0 aromatic rings. The number of carbonyl (C=O) groups is 2. The van der Waals surface area contributed by atoms with Crippen LogP contribution in [0.3, 0.4) is 0 Å². The Bertz CT molecular complexity index is 446. The molecular formula is C13H20F3NO5. The average molecular weight is 327 g/mol. The van der Waals surface area contributed by atoms with Gasteiger partial charge in [0.1, 0.15) is 11.0 Å². The molecule has 0 radical (unpaired) electrons. The van der Waals surface area contributed by atoms with Crippen molar-refractivity contribution >= 4 is 12.1 Å². The lowest BCUT2D eigenvalue weighted by Crippen LogP contribution is -2.50. The molecule has 1 rings (SSSR count). The first-order valence-electron chi connectivity index (χ1n) is 6.75. The Kier molecular flexibility index (Phi) is 5.01. The Morgan fingerprint density at radius 2 is 1.86 bits per heavy atom. The van der Waals surface area contributed by atoms with E-state index in [4.69, 9.17) is 9.84 Å². The van der Waals surface area contributed by atoms with E-state index in [1.165, 1.54) is 0 Å². The highest BCUT2D eigenvalue weighted by molar-refractivity contribution is 5.76. The number of hydrogen-bond donors (Lipinski definition) is 3. The third kappa shape index (κ3) is 4.25. The maximum absolute atomic E-state index is 12.7. The number of alkyl carbamates (subject to hydrolysis) is 1. The second-order valence-electron chi connectivity index (χ2n) is 6.49. The normalized spacial score (nSPS) is 27.3. The first-order chi connectivity index (χ1) is 9.78. The molecule has 128 valence electrons. The molecule has 1 saturated carbocycles. The number of nitrogens with one attached hydrogen (secondary N) is 1. The molecule has 0 bridgehead atoms. The molecule has 1 fully saturated rings. The van der Waals surface area contributed by atoms with Crippen LogP contribution in [-0.2, 0) is 9.53 Å². The number of halogens is 3. The van der Waals surface area contributed by atoms with E-state index in [-0.39, 0.29) is 12.8 Å². The topological polar surface area (TPSA) is 95.9 Å². The number of aliphatic hydroxyl groups is 1. The lowest BCUT2D eigenvalue weighted by Gasteiger charge is -2.31. The molecular weight excluding hydrogens is 307 g/mol. The highest BCUT2D eigenvalue weighted by atomic mass is 19.4. The Morgan fingerprint density at radius 1 is 1.32 bits per heavy atom. The standard InChI is InChI=1S/C13H20F3NO5/c1-11(2,3)22-10(21)17-7-4-5-12(6-7,9(19)20)8(18)13(14,15)16/h7-8,18H,4-6H2,1-3H3,(H,17,21)(H,19,20)/t7?,8?,12-/m0/s1. The van der Waals surface area contributed by atoms with Gasteiger partial charge in [0.15, 0.2) is 6.10 Å². The molecule has 3 atom stereocenters. The molecule has 0 spiro atoms. The maximum atomic E-state index is 12.7. The van der Waals surface area contributed by atoms with E-state index in [2.05, 4.69) is 5.32 Å². The highest BCUT2D eigenvalue weighted by Crippen LogP contribution is 2.46. The zero-order valence-corrected chi connectivity index (χ0v) is 12.5. The maximum Gasteiger partial charge on any atom is 0.415 e. The number of carbonyl (C=O) groups excluding carboxylic acids is 1. The molecule has 1 aliphatic carbocycles. The van der Waals surface area contributed by atoms with Crippen molar-refractivity contribution in [2.45, 2.75) is 64.0 Å². The molecule has 0 aromatic carbocycles. The van der Waals surface area contributed by atoms with Gasteiger partial charge in [-0.05, 0) is 40.0 Å². The lowest BCUT2D eigenvalue weighted by molar-refractivity contribution is -0.241. The molecule has 0 heterocycles. The van der Waals surface area contributed by atoms with Crippen molar-refractivity contribution in [2.75, 3.05) is 0 Å². The van der Waals surface area contributed by atoms with E-state index in [9.17, 15) is 27.9 Å². The molecule has 3 N–H and O–H groups in total. The van der Waals surface area contributed by atoms with Crippen LogP contribution in [0, 0.1) is 5.41 Å². The monoisotopic (exact) mass is 327 g/mol. The van der Waals surface area contributed by atoms with Crippen LogP contribution in [0.2, 0.25) is 0 Å². The zero-order chi connectivity index (χ0) is 17.3. The summed E-state index contributed by atoms with van der Waals surface area (Å²) >= 11 is 0. The van der Waals surface area contributed by atoms with E-state index in [1.54, 1.807) is 20.8 Å². The number of amides is 1. The summed E-state index contributed by atoms with van der Waals surface area (Å²) in [6.45, 7) is 4.86. The molecule has 2 unspecified atom stereocenters. The number of hydrogen-bond acceptors (Lipinski definition) is 4. The van der Waals surface area contributed by atoms with Gasteiger partial charge < -0.3 is 20.3 Å². The lowest BCUT2D eigenvalue weighted by atomic mass is 9.79. The second kappa shape index (κ2) is 5.94. The highest BCUT2D eigenvalue weighted by Gasteiger charge is 2.60. The molecule has 1 amide bonds. The number of ether oxygens (including phenoxy) is 1. The van der Waals surface area contributed by atoms with Crippen LogP contribution in [0.5, 0.6) is 0 Å². The van der Waals surface area contributed by atoms with Crippen molar-refractivity contribution in [3.63, 3.8) is 0 Å². The number of carboxylic acid groups (broad SMARTS) is 1. The second-order valence-corrected chi connectivity index (χ2v) is 6.49. The molecule has 0 saturated heterocycles. The van der Waals surface area contributed by atoms with Gasteiger partial charge >= 0.3 is 18.2 Å². The fourth-order valence-electron chi connectivity index (χ4n) is 2.55. The van der Waals surface area contributed by atoms with Crippen molar-refractivity contribution in [3.05, 3.63) is 0 Å². The molecule has 1 aliphatic rings. The van der Waals surface area contributed by atoms with Crippen molar-refractivity contribution in [3.8, 4) is 0 Å². The molecule has 0 aromatic heterocycles. The summed E-state index contributed by atoms with van der Waals surface area (Å²) in [4.78, 5) is 22.9. The Labute approximate surface area is 125 Å². The third-order valence-electron chi connectivity index (χ3n) is 3.53. The zero-order valence-electron chi connectivity index (χ0n) is 12.5. The third-order valence-corrected chi connectivity index (χ3v) is 3.53. The van der Waals surface area contributed by atoms with Crippen LogP contribution < -0.4 is 5.32 Å². The van der Waals surface area contributed by atoms with Gasteiger partial charge in [0.2, 0.25) is 0 Å². The smallest absolute Gasteiger partial charge is 0.415 e. The van der Waals surface area contributed by atoms with E-state index < -0.39 is 47.8 Å². The van der Waals surface area contributed by atoms with Crippen LogP contribution in [-0.4, -0.2) is 46.2 Å². The number of aliphatic carboxylic acids is 1. The van der Waals surface area contributed by atoms with Gasteiger partial charge in [0.25, 0.3) is 0 Å². The van der Waals surface area contributed by atoms with Gasteiger partial charge in [0.05, 0.1) is 0 Å². The predicted octanol–water partition coefficient (Wildman–Crippen LogP) is 2.06. The minimum absolute atomic E-state index is 0.0126. The minimum Gasteiger partial charge on any atom is -0.481 e. The summed E-state index contributed by atoms with van der Waals surface area (Å²) in [6.07, 6.45) is -9.74. The molecule has 22 heavy (non-hydrogen) atoms. The number of carboxylic acids is 1. The van der Waals surface area contributed by atoms with Gasteiger partial charge in [-0.3, -0.25) is 4.79 Å². The summed E-state index contributed by atoms with van der Waals surface area (Å²) in [5.74, 6) is -1.73. The predicted molar refractivity (Wildman–Crippen MR) is 69.1 cm³/mol. The van der Waals surface area contributed by atoms with Crippen LogP contribution in [0.25, 0.3) is 0 Å². The SMILES string of the molecule is CC(C)(C)OC(=O)NC1CC[C@@](C(=O)O)(C(O)C(F)(F)F)C1. The summed E-state index contributed by atoms with van der Waals surface area (Å²) < 4.78 is 43.1. The minimum atomic E-state index is -5.04.